The highest BCUT2D eigenvalue weighted by Crippen LogP contribution is 2.29. The third-order valence-corrected chi connectivity index (χ3v) is 5.04. The predicted molar refractivity (Wildman–Crippen MR) is 88.1 cm³/mol. The first kappa shape index (κ1) is 13.9. The van der Waals surface area contributed by atoms with E-state index in [2.05, 4.69) is 24.3 Å². The van der Waals surface area contributed by atoms with Gasteiger partial charge in [0.25, 0.3) is 0 Å². The highest BCUT2D eigenvalue weighted by Gasteiger charge is 2.14. The van der Waals surface area contributed by atoms with Crippen LogP contribution in [0.3, 0.4) is 0 Å². The van der Waals surface area contributed by atoms with Crippen molar-refractivity contribution in [2.45, 2.75) is 77.0 Å². The van der Waals surface area contributed by atoms with Gasteiger partial charge in [0.05, 0.1) is 0 Å². The molecule has 0 N–H and O–H groups in total. The van der Waals surface area contributed by atoms with Crippen LogP contribution in [0.1, 0.15) is 80.0 Å². The molecule has 0 saturated heterocycles. The molecule has 0 fully saturated rings. The van der Waals surface area contributed by atoms with Gasteiger partial charge in [0, 0.05) is 0 Å². The van der Waals surface area contributed by atoms with Crippen LogP contribution < -0.4 is 0 Å². The van der Waals surface area contributed by atoms with E-state index in [1.807, 2.05) is 0 Å². The molecule has 0 heteroatoms. The van der Waals surface area contributed by atoms with Gasteiger partial charge in [-0.1, -0.05) is 69.2 Å². The van der Waals surface area contributed by atoms with E-state index in [-0.39, 0.29) is 0 Å². The maximum atomic E-state index is 2.43. The monoisotopic (exact) mass is 268 g/mol. The molecule has 108 valence electrons. The summed E-state index contributed by atoms with van der Waals surface area (Å²) in [6.07, 6.45) is 21.4. The average molecular weight is 268 g/mol. The first-order chi connectivity index (χ1) is 9.95. The van der Waals surface area contributed by atoms with Crippen molar-refractivity contribution in [3.8, 4) is 0 Å². The number of hydrogen-bond acceptors (Lipinski definition) is 0. The fourth-order valence-corrected chi connectivity index (χ4v) is 3.83. The number of rotatable bonds is 0. The van der Waals surface area contributed by atoms with Crippen molar-refractivity contribution in [3.63, 3.8) is 0 Å². The van der Waals surface area contributed by atoms with E-state index in [0.717, 1.165) is 6.42 Å². The molecule has 0 heterocycles. The summed E-state index contributed by atoms with van der Waals surface area (Å²) in [5.74, 6) is 0. The molecule has 0 atom stereocenters. The smallest absolute Gasteiger partial charge is 0.00881 e. The van der Waals surface area contributed by atoms with Crippen LogP contribution in [0.15, 0.2) is 18.2 Å². The summed E-state index contributed by atoms with van der Waals surface area (Å²) in [5, 5.41) is 0. The fraction of sp³-hybridized carbons (Fsp3) is 0.600. The van der Waals surface area contributed by atoms with Crippen LogP contribution in [-0.2, 0) is 19.3 Å². The average Bonchev–Trinajstić information content (AvgIpc) is 2.94. The first-order valence-corrected chi connectivity index (χ1v) is 8.75. The second-order valence-electron chi connectivity index (χ2n) is 6.56. The van der Waals surface area contributed by atoms with Crippen molar-refractivity contribution in [3.05, 3.63) is 40.5 Å². The minimum atomic E-state index is 1.16. The molecule has 2 aliphatic rings. The van der Waals surface area contributed by atoms with E-state index < -0.39 is 0 Å². The third kappa shape index (κ3) is 3.34. The summed E-state index contributed by atoms with van der Waals surface area (Å²) in [7, 11) is 0. The maximum absolute atomic E-state index is 2.43. The van der Waals surface area contributed by atoms with Crippen LogP contribution >= 0.6 is 0 Å². The van der Waals surface area contributed by atoms with Crippen molar-refractivity contribution in [2.24, 2.45) is 0 Å². The zero-order valence-corrected chi connectivity index (χ0v) is 12.8. The fourth-order valence-electron chi connectivity index (χ4n) is 3.83. The molecule has 0 unspecified atom stereocenters. The third-order valence-electron chi connectivity index (χ3n) is 5.04. The number of fused-ring (bicyclic) bond motifs is 3. The SMILES string of the molecule is C1=Cc2c(ccc3c2CCCCCCCCCCC3)C1. The molecule has 0 bridgehead atoms. The summed E-state index contributed by atoms with van der Waals surface area (Å²) in [6.45, 7) is 0. The van der Waals surface area contributed by atoms with Gasteiger partial charge < -0.3 is 0 Å². The highest BCUT2D eigenvalue weighted by molar-refractivity contribution is 5.65. The standard InChI is InChI=1S/C20H28/c1-2-4-6-8-11-17-15-16-18-12-10-14-20(18)19(17)13-9-7-5-3-1/h10,14-16H,1-9,11-13H2. The minimum Gasteiger partial charge on any atom is -0.0795 e. The lowest BCUT2D eigenvalue weighted by molar-refractivity contribution is 0.564. The Balaban J connectivity index is 1.78. The Kier molecular flexibility index (Phi) is 4.95. The molecule has 0 spiro atoms. The molecule has 2 aliphatic carbocycles. The molecule has 0 radical (unpaired) electrons. The Morgan fingerprint density at radius 2 is 1.20 bits per heavy atom. The number of hydrogen-bond donors (Lipinski definition) is 0. The lowest BCUT2D eigenvalue weighted by atomic mass is 9.91. The molecule has 0 aliphatic heterocycles. The zero-order chi connectivity index (χ0) is 13.6. The normalized spacial score (nSPS) is 20.4. The van der Waals surface area contributed by atoms with E-state index in [1.54, 1.807) is 22.3 Å². The Labute approximate surface area is 124 Å². The molecular formula is C20H28. The summed E-state index contributed by atoms with van der Waals surface area (Å²) >= 11 is 0. The molecule has 0 aromatic heterocycles. The van der Waals surface area contributed by atoms with Gasteiger partial charge in [0.15, 0.2) is 0 Å². The van der Waals surface area contributed by atoms with E-state index in [0.29, 0.717) is 0 Å². The van der Waals surface area contributed by atoms with Crippen LogP contribution in [0.5, 0.6) is 0 Å². The molecule has 0 saturated carbocycles. The van der Waals surface area contributed by atoms with Gasteiger partial charge in [0.1, 0.15) is 0 Å². The number of benzene rings is 1. The van der Waals surface area contributed by atoms with Crippen molar-refractivity contribution in [1.29, 1.82) is 0 Å². The minimum absolute atomic E-state index is 1.16. The number of allylic oxidation sites excluding steroid dienone is 1. The van der Waals surface area contributed by atoms with E-state index in [9.17, 15) is 0 Å². The lowest BCUT2D eigenvalue weighted by Gasteiger charge is -2.14. The molecule has 3 rings (SSSR count). The summed E-state index contributed by atoms with van der Waals surface area (Å²) < 4.78 is 0. The van der Waals surface area contributed by atoms with E-state index >= 15 is 0 Å². The van der Waals surface area contributed by atoms with Crippen molar-refractivity contribution < 1.29 is 0 Å². The van der Waals surface area contributed by atoms with Crippen molar-refractivity contribution >= 4 is 6.08 Å². The van der Waals surface area contributed by atoms with Crippen molar-refractivity contribution in [1.82, 2.24) is 0 Å². The van der Waals surface area contributed by atoms with Gasteiger partial charge in [-0.05, 0) is 54.4 Å². The van der Waals surface area contributed by atoms with Crippen LogP contribution in [0.4, 0.5) is 0 Å². The Bertz CT molecular complexity index is 467. The lowest BCUT2D eigenvalue weighted by Crippen LogP contribution is -2.00. The van der Waals surface area contributed by atoms with Gasteiger partial charge >= 0.3 is 0 Å². The Hall–Kier alpha value is -1.04. The van der Waals surface area contributed by atoms with Crippen molar-refractivity contribution in [2.75, 3.05) is 0 Å². The quantitative estimate of drug-likeness (QED) is 0.552. The Morgan fingerprint density at radius 3 is 1.95 bits per heavy atom. The topological polar surface area (TPSA) is 0 Å². The molecule has 0 nitrogen and oxygen atoms in total. The molecule has 1 aromatic carbocycles. The highest BCUT2D eigenvalue weighted by atomic mass is 14.2. The summed E-state index contributed by atoms with van der Waals surface area (Å²) in [5.41, 5.74) is 6.48. The van der Waals surface area contributed by atoms with Gasteiger partial charge in [0.2, 0.25) is 0 Å². The van der Waals surface area contributed by atoms with E-state index in [1.165, 1.54) is 70.6 Å². The van der Waals surface area contributed by atoms with E-state index in [4.69, 9.17) is 0 Å². The molecule has 20 heavy (non-hydrogen) atoms. The second kappa shape index (κ2) is 7.11. The van der Waals surface area contributed by atoms with Gasteiger partial charge in [-0.2, -0.15) is 0 Å². The molecular weight excluding hydrogens is 240 g/mol. The largest absolute Gasteiger partial charge is 0.0795 e. The van der Waals surface area contributed by atoms with Crippen LogP contribution in [-0.4, -0.2) is 0 Å². The maximum Gasteiger partial charge on any atom is -0.00881 e. The van der Waals surface area contributed by atoms with Gasteiger partial charge in [-0.25, -0.2) is 0 Å². The van der Waals surface area contributed by atoms with Crippen LogP contribution in [0.2, 0.25) is 0 Å². The summed E-state index contributed by atoms with van der Waals surface area (Å²) in [4.78, 5) is 0. The van der Waals surface area contributed by atoms with Crippen LogP contribution in [0, 0.1) is 0 Å². The number of aryl methyl sites for hydroxylation is 1. The molecule has 1 aromatic rings. The van der Waals surface area contributed by atoms with Crippen LogP contribution in [0.25, 0.3) is 6.08 Å². The first-order valence-electron chi connectivity index (χ1n) is 8.75. The predicted octanol–water partition coefficient (Wildman–Crippen LogP) is 5.87. The summed E-state index contributed by atoms with van der Waals surface area (Å²) in [6, 6.07) is 4.81. The second-order valence-corrected chi connectivity index (χ2v) is 6.56. The van der Waals surface area contributed by atoms with Gasteiger partial charge in [-0.15, -0.1) is 0 Å². The molecule has 0 amide bonds. The Morgan fingerprint density at radius 1 is 0.600 bits per heavy atom. The zero-order valence-electron chi connectivity index (χ0n) is 12.8. The van der Waals surface area contributed by atoms with Gasteiger partial charge in [-0.3, -0.25) is 0 Å².